The van der Waals surface area contributed by atoms with E-state index in [0.717, 1.165) is 10.5 Å². The zero-order valence-corrected chi connectivity index (χ0v) is 13.9. The van der Waals surface area contributed by atoms with E-state index < -0.39 is 24.1 Å². The number of hydrogen-bond acceptors (Lipinski definition) is 5. The molecule has 1 atom stereocenters. The predicted molar refractivity (Wildman–Crippen MR) is 86.7 cm³/mol. The highest BCUT2D eigenvalue weighted by atomic mass is 16.6. The molecule has 1 fully saturated rings. The second kappa shape index (κ2) is 8.88. The molecule has 9 nitrogen and oxygen atoms in total. The Labute approximate surface area is 145 Å². The lowest BCUT2D eigenvalue weighted by Gasteiger charge is -2.38. The lowest BCUT2D eigenvalue weighted by Crippen LogP contribution is -2.61. The highest BCUT2D eigenvalue weighted by molar-refractivity contribution is 5.86. The lowest BCUT2D eigenvalue weighted by molar-refractivity contribution is -0.129. The third-order valence-corrected chi connectivity index (χ3v) is 3.78. The quantitative estimate of drug-likeness (QED) is 0.756. The number of nitrogens with zero attached hydrogens (tertiary/aromatic N) is 2. The van der Waals surface area contributed by atoms with Crippen molar-refractivity contribution < 1.29 is 29.0 Å². The SMILES string of the molecule is COCNC(=O)C1CN(C(=O)OCc2ccccc2)CCN1C(=O)O. The van der Waals surface area contributed by atoms with Crippen molar-refractivity contribution in [3.8, 4) is 0 Å². The van der Waals surface area contributed by atoms with Gasteiger partial charge in [0.15, 0.2) is 0 Å². The van der Waals surface area contributed by atoms with Crippen LogP contribution < -0.4 is 5.32 Å². The molecule has 0 aliphatic carbocycles. The Hall–Kier alpha value is -2.81. The van der Waals surface area contributed by atoms with E-state index in [1.165, 1.54) is 12.0 Å². The number of nitrogens with one attached hydrogen (secondary N) is 1. The van der Waals surface area contributed by atoms with E-state index >= 15 is 0 Å². The summed E-state index contributed by atoms with van der Waals surface area (Å²) in [5.41, 5.74) is 0.842. The predicted octanol–water partition coefficient (Wildman–Crippen LogP) is 0.707. The first-order valence-electron chi connectivity index (χ1n) is 7.74. The summed E-state index contributed by atoms with van der Waals surface area (Å²) in [6.45, 7) is 0.185. The number of amides is 3. The number of hydrogen-bond donors (Lipinski definition) is 2. The maximum absolute atomic E-state index is 12.2. The molecule has 3 amide bonds. The monoisotopic (exact) mass is 351 g/mol. The van der Waals surface area contributed by atoms with Gasteiger partial charge in [-0.2, -0.15) is 0 Å². The second-order valence-electron chi connectivity index (χ2n) is 5.45. The van der Waals surface area contributed by atoms with Gasteiger partial charge in [0.25, 0.3) is 0 Å². The van der Waals surface area contributed by atoms with Gasteiger partial charge in [0.05, 0.1) is 6.54 Å². The minimum absolute atomic E-state index is 0.0286. The van der Waals surface area contributed by atoms with Gasteiger partial charge < -0.3 is 24.8 Å². The third-order valence-electron chi connectivity index (χ3n) is 3.78. The van der Waals surface area contributed by atoms with Crippen LogP contribution in [-0.2, 0) is 20.9 Å². The summed E-state index contributed by atoms with van der Waals surface area (Å²) in [7, 11) is 1.41. The Morgan fingerprint density at radius 3 is 2.60 bits per heavy atom. The maximum Gasteiger partial charge on any atom is 0.410 e. The van der Waals surface area contributed by atoms with E-state index in [-0.39, 0.29) is 33.0 Å². The van der Waals surface area contributed by atoms with Crippen LogP contribution in [0.5, 0.6) is 0 Å². The first kappa shape index (κ1) is 18.5. The molecular weight excluding hydrogens is 330 g/mol. The Morgan fingerprint density at radius 2 is 1.96 bits per heavy atom. The number of carbonyl (C=O) groups is 3. The Kier molecular flexibility index (Phi) is 6.58. The first-order chi connectivity index (χ1) is 12.0. The van der Waals surface area contributed by atoms with Crippen molar-refractivity contribution in [2.24, 2.45) is 0 Å². The number of rotatable bonds is 5. The zero-order valence-electron chi connectivity index (χ0n) is 13.9. The highest BCUT2D eigenvalue weighted by Gasteiger charge is 2.37. The number of ether oxygens (including phenoxy) is 2. The minimum atomic E-state index is -1.21. The molecule has 9 heteroatoms. The number of benzene rings is 1. The van der Waals surface area contributed by atoms with E-state index in [9.17, 15) is 19.5 Å². The van der Waals surface area contributed by atoms with Crippen molar-refractivity contribution >= 4 is 18.1 Å². The van der Waals surface area contributed by atoms with Crippen LogP contribution in [0.4, 0.5) is 9.59 Å². The first-order valence-corrected chi connectivity index (χ1v) is 7.74. The molecule has 0 bridgehead atoms. The van der Waals surface area contributed by atoms with Crippen molar-refractivity contribution in [1.29, 1.82) is 0 Å². The summed E-state index contributed by atoms with van der Waals surface area (Å²) >= 11 is 0. The van der Waals surface area contributed by atoms with E-state index in [1.54, 1.807) is 0 Å². The normalized spacial score (nSPS) is 17.1. The van der Waals surface area contributed by atoms with Gasteiger partial charge in [-0.3, -0.25) is 9.69 Å². The van der Waals surface area contributed by atoms with Crippen molar-refractivity contribution in [2.45, 2.75) is 12.6 Å². The van der Waals surface area contributed by atoms with Crippen LogP contribution in [-0.4, -0.2) is 72.5 Å². The summed E-state index contributed by atoms with van der Waals surface area (Å²) in [6, 6.07) is 8.19. The molecule has 136 valence electrons. The average molecular weight is 351 g/mol. The van der Waals surface area contributed by atoms with Crippen molar-refractivity contribution in [3.63, 3.8) is 0 Å². The van der Waals surface area contributed by atoms with Crippen LogP contribution in [0, 0.1) is 0 Å². The van der Waals surface area contributed by atoms with Crippen LogP contribution in [0.15, 0.2) is 30.3 Å². The van der Waals surface area contributed by atoms with Crippen LogP contribution in [0.25, 0.3) is 0 Å². The van der Waals surface area contributed by atoms with Crippen molar-refractivity contribution in [2.75, 3.05) is 33.5 Å². The molecule has 2 N–H and O–H groups in total. The zero-order chi connectivity index (χ0) is 18.2. The summed E-state index contributed by atoms with van der Waals surface area (Å²) in [5.74, 6) is -0.523. The van der Waals surface area contributed by atoms with Gasteiger partial charge in [-0.1, -0.05) is 30.3 Å². The van der Waals surface area contributed by atoms with Gasteiger partial charge in [-0.25, -0.2) is 9.59 Å². The number of carbonyl (C=O) groups excluding carboxylic acids is 2. The summed E-state index contributed by atoms with van der Waals surface area (Å²) < 4.78 is 9.99. The molecule has 25 heavy (non-hydrogen) atoms. The van der Waals surface area contributed by atoms with E-state index in [1.807, 2.05) is 30.3 Å². The molecule has 1 aromatic rings. The summed E-state index contributed by atoms with van der Waals surface area (Å²) in [6.07, 6.45) is -1.80. The number of methoxy groups -OCH3 is 1. The molecule has 1 aliphatic rings. The largest absolute Gasteiger partial charge is 0.465 e. The van der Waals surface area contributed by atoms with Crippen LogP contribution in [0.2, 0.25) is 0 Å². The third kappa shape index (κ3) is 5.08. The number of carboxylic acid groups (broad SMARTS) is 1. The Bertz CT molecular complexity index is 609. The van der Waals surface area contributed by atoms with Gasteiger partial charge >= 0.3 is 12.2 Å². The topological polar surface area (TPSA) is 108 Å². The number of piperazine rings is 1. The van der Waals surface area contributed by atoms with Crippen LogP contribution in [0.3, 0.4) is 0 Å². The van der Waals surface area contributed by atoms with Gasteiger partial charge in [-0.15, -0.1) is 0 Å². The highest BCUT2D eigenvalue weighted by Crippen LogP contribution is 2.13. The van der Waals surface area contributed by atoms with E-state index in [4.69, 9.17) is 9.47 Å². The molecule has 1 aromatic carbocycles. The molecule has 1 unspecified atom stereocenters. The van der Waals surface area contributed by atoms with Gasteiger partial charge in [0.1, 0.15) is 19.4 Å². The smallest absolute Gasteiger partial charge is 0.410 e. The molecule has 0 spiro atoms. The Morgan fingerprint density at radius 1 is 1.24 bits per heavy atom. The molecule has 1 heterocycles. The molecule has 1 aliphatic heterocycles. The van der Waals surface area contributed by atoms with Gasteiger partial charge in [0.2, 0.25) is 5.91 Å². The fourth-order valence-electron chi connectivity index (χ4n) is 2.47. The maximum atomic E-state index is 12.2. The molecule has 0 saturated carbocycles. The minimum Gasteiger partial charge on any atom is -0.465 e. The van der Waals surface area contributed by atoms with E-state index in [0.29, 0.717) is 0 Å². The second-order valence-corrected chi connectivity index (χ2v) is 5.45. The molecule has 0 aromatic heterocycles. The van der Waals surface area contributed by atoms with Gasteiger partial charge in [0, 0.05) is 20.2 Å². The molecular formula is C16H21N3O6. The van der Waals surface area contributed by atoms with Crippen LogP contribution >= 0.6 is 0 Å². The summed E-state index contributed by atoms with van der Waals surface area (Å²) in [4.78, 5) is 38.0. The average Bonchev–Trinajstić information content (AvgIpc) is 2.64. The van der Waals surface area contributed by atoms with Crippen molar-refractivity contribution in [3.05, 3.63) is 35.9 Å². The molecule has 1 saturated heterocycles. The fourth-order valence-corrected chi connectivity index (χ4v) is 2.47. The van der Waals surface area contributed by atoms with Crippen LogP contribution in [0.1, 0.15) is 5.56 Å². The molecule has 0 radical (unpaired) electrons. The molecule has 2 rings (SSSR count). The van der Waals surface area contributed by atoms with Gasteiger partial charge in [-0.05, 0) is 5.56 Å². The van der Waals surface area contributed by atoms with E-state index in [2.05, 4.69) is 5.32 Å². The summed E-state index contributed by atoms with van der Waals surface area (Å²) in [5, 5.41) is 11.7. The lowest BCUT2D eigenvalue weighted by atomic mass is 10.1. The Balaban J connectivity index is 1.96. The van der Waals surface area contributed by atoms with Crippen molar-refractivity contribution in [1.82, 2.24) is 15.1 Å². The standard InChI is InChI=1S/C16H21N3O6/c1-24-11-17-14(20)13-9-18(7-8-19(13)15(21)22)16(23)25-10-12-5-3-2-4-6-12/h2-6,13H,7-11H2,1H3,(H,17,20)(H,21,22). The fraction of sp³-hybridized carbons (Fsp3) is 0.438.